The minimum absolute atomic E-state index is 0.0930. The van der Waals surface area contributed by atoms with Crippen molar-refractivity contribution in [3.05, 3.63) is 70.8 Å². The van der Waals surface area contributed by atoms with Crippen LogP contribution in [0.3, 0.4) is 0 Å². The van der Waals surface area contributed by atoms with E-state index in [4.69, 9.17) is 14.2 Å². The molecule has 0 fully saturated rings. The number of carbonyl (C=O) groups is 3. The minimum atomic E-state index is -4.02. The molecule has 2 amide bonds. The van der Waals surface area contributed by atoms with E-state index in [-0.39, 0.29) is 36.6 Å². The molecule has 18 heteroatoms. The second kappa shape index (κ2) is 13.1. The summed E-state index contributed by atoms with van der Waals surface area (Å²) in [5.41, 5.74) is 0.249. The lowest BCUT2D eigenvalue weighted by atomic mass is 10.2. The summed E-state index contributed by atoms with van der Waals surface area (Å²) < 4.78 is 44.7. The molecule has 0 radical (unpaired) electrons. The number of carboxylic acid groups (broad SMARTS) is 1. The summed E-state index contributed by atoms with van der Waals surface area (Å²) in [5.74, 6) is -1.14. The van der Waals surface area contributed by atoms with Crippen molar-refractivity contribution in [1.82, 2.24) is 24.2 Å². The summed E-state index contributed by atoms with van der Waals surface area (Å²) in [5, 5.41) is 11.6. The maximum atomic E-state index is 12.9. The van der Waals surface area contributed by atoms with Gasteiger partial charge in [0.05, 0.1) is 10.2 Å². The fourth-order valence-electron chi connectivity index (χ4n) is 3.98. The molecule has 3 heterocycles. The van der Waals surface area contributed by atoms with E-state index in [0.29, 0.717) is 27.3 Å². The summed E-state index contributed by atoms with van der Waals surface area (Å²) in [4.78, 5) is 57.6. The number of thiazole rings is 1. The van der Waals surface area contributed by atoms with E-state index >= 15 is 0 Å². The van der Waals surface area contributed by atoms with Gasteiger partial charge in [-0.2, -0.15) is 4.98 Å². The van der Waals surface area contributed by atoms with E-state index in [0.717, 1.165) is 20.8 Å². The van der Waals surface area contributed by atoms with E-state index < -0.39 is 46.8 Å². The average Bonchev–Trinajstić information content (AvgIpc) is 3.64. The van der Waals surface area contributed by atoms with E-state index in [2.05, 4.69) is 20.0 Å². The Balaban J connectivity index is 1.14. The van der Waals surface area contributed by atoms with Gasteiger partial charge in [-0.3, -0.25) is 19.5 Å². The van der Waals surface area contributed by atoms with Crippen LogP contribution in [0.5, 0.6) is 11.5 Å². The SMILES string of the molecule is O=C(O)CN(CCNS(=O)(=O)c1nc2ccccc2s1)C(=O)Cn1ccc(NC(=O)OCc2ccc3c(c2)OCO3)nc1=O. The van der Waals surface area contributed by atoms with Gasteiger partial charge in [-0.1, -0.05) is 18.2 Å². The van der Waals surface area contributed by atoms with Crippen LogP contribution < -0.4 is 25.2 Å². The number of fused-ring (bicyclic) bond motifs is 2. The van der Waals surface area contributed by atoms with Gasteiger partial charge in [0.15, 0.2) is 11.5 Å². The fourth-order valence-corrected chi connectivity index (χ4v) is 6.27. The highest BCUT2D eigenvalue weighted by atomic mass is 32.2. The van der Waals surface area contributed by atoms with Gasteiger partial charge >= 0.3 is 17.8 Å². The number of nitrogens with one attached hydrogen (secondary N) is 2. The van der Waals surface area contributed by atoms with Crippen molar-refractivity contribution in [3.8, 4) is 11.5 Å². The molecule has 0 saturated heterocycles. The molecule has 1 aliphatic rings. The molecule has 44 heavy (non-hydrogen) atoms. The van der Waals surface area contributed by atoms with Crippen LogP contribution in [0.25, 0.3) is 10.2 Å². The third kappa shape index (κ3) is 7.46. The van der Waals surface area contributed by atoms with Gasteiger partial charge in [0.25, 0.3) is 10.0 Å². The van der Waals surface area contributed by atoms with Gasteiger partial charge in [-0.25, -0.2) is 27.7 Å². The lowest BCUT2D eigenvalue weighted by Crippen LogP contribution is -2.43. The predicted molar refractivity (Wildman–Crippen MR) is 154 cm³/mol. The van der Waals surface area contributed by atoms with Crippen LogP contribution >= 0.6 is 11.3 Å². The van der Waals surface area contributed by atoms with Crippen LogP contribution in [0.4, 0.5) is 10.6 Å². The number of rotatable bonds is 12. The van der Waals surface area contributed by atoms with Crippen LogP contribution in [0, 0.1) is 0 Å². The molecular formula is C26H24N6O10S2. The number of hydrogen-bond acceptors (Lipinski definition) is 12. The van der Waals surface area contributed by atoms with Crippen molar-refractivity contribution in [2.75, 3.05) is 31.7 Å². The standard InChI is InChI=1S/C26H24N6O10S2/c33-22(31(13-23(34)35)10-8-27-44(38,39)26-28-17-3-1-2-4-20(17)43-26)12-32-9-7-21(29-24(32)36)30-25(37)40-14-16-5-6-18-19(11-16)42-15-41-18/h1-7,9,11,27H,8,10,12-15H2,(H,34,35)(H,29,30,36,37). The summed E-state index contributed by atoms with van der Waals surface area (Å²) >= 11 is 0.969. The Morgan fingerprint density at radius 2 is 1.89 bits per heavy atom. The molecule has 0 aliphatic carbocycles. The first-order valence-electron chi connectivity index (χ1n) is 12.8. The molecule has 0 bridgehead atoms. The summed E-state index contributed by atoms with van der Waals surface area (Å²) in [6.07, 6.45) is 0.305. The summed E-state index contributed by atoms with van der Waals surface area (Å²) in [6, 6.07) is 13.2. The predicted octanol–water partition coefficient (Wildman–Crippen LogP) is 1.22. The second-order valence-corrected chi connectivity index (χ2v) is 12.1. The van der Waals surface area contributed by atoms with Crippen LogP contribution in [-0.2, 0) is 37.5 Å². The number of nitrogens with zero attached hydrogens (tertiary/aromatic N) is 4. The Kier molecular flexibility index (Phi) is 9.02. The van der Waals surface area contributed by atoms with E-state index in [9.17, 15) is 32.7 Å². The van der Waals surface area contributed by atoms with Gasteiger partial charge in [0.1, 0.15) is 25.5 Å². The highest BCUT2D eigenvalue weighted by Crippen LogP contribution is 2.32. The molecule has 3 N–H and O–H groups in total. The summed E-state index contributed by atoms with van der Waals surface area (Å²) in [7, 11) is -4.02. The molecule has 0 spiro atoms. The lowest BCUT2D eigenvalue weighted by Gasteiger charge is -2.21. The van der Waals surface area contributed by atoms with Gasteiger partial charge in [0, 0.05) is 19.3 Å². The van der Waals surface area contributed by atoms with E-state index in [1.54, 1.807) is 42.5 Å². The third-order valence-corrected chi connectivity index (χ3v) is 8.95. The molecule has 4 aromatic rings. The molecule has 2 aromatic heterocycles. The van der Waals surface area contributed by atoms with Crippen molar-refractivity contribution in [1.29, 1.82) is 0 Å². The molecule has 2 aromatic carbocycles. The van der Waals surface area contributed by atoms with Gasteiger partial charge < -0.3 is 24.2 Å². The molecule has 0 atom stereocenters. The van der Waals surface area contributed by atoms with E-state index in [1.165, 1.54) is 12.3 Å². The maximum Gasteiger partial charge on any atom is 0.413 e. The zero-order valence-electron chi connectivity index (χ0n) is 22.7. The number of sulfonamides is 1. The quantitative estimate of drug-likeness (QED) is 0.199. The molecule has 5 rings (SSSR count). The number of amides is 2. The first-order valence-corrected chi connectivity index (χ1v) is 15.1. The first kappa shape index (κ1) is 30.4. The average molecular weight is 645 g/mol. The number of anilines is 1. The Morgan fingerprint density at radius 1 is 1.09 bits per heavy atom. The Morgan fingerprint density at radius 3 is 2.66 bits per heavy atom. The number of ether oxygens (including phenoxy) is 3. The highest BCUT2D eigenvalue weighted by molar-refractivity contribution is 7.91. The third-order valence-electron chi connectivity index (χ3n) is 6.07. The number of hydrogen-bond donors (Lipinski definition) is 3. The summed E-state index contributed by atoms with van der Waals surface area (Å²) in [6.45, 7) is -1.91. The van der Waals surface area contributed by atoms with Crippen LogP contribution in [0.2, 0.25) is 0 Å². The van der Waals surface area contributed by atoms with Gasteiger partial charge in [0.2, 0.25) is 17.0 Å². The van der Waals surface area contributed by atoms with Gasteiger partial charge in [-0.15, -0.1) is 11.3 Å². The zero-order valence-corrected chi connectivity index (χ0v) is 24.3. The number of carboxylic acids is 1. The number of carbonyl (C=O) groups excluding carboxylic acids is 2. The molecule has 230 valence electrons. The van der Waals surface area contributed by atoms with Crippen molar-refractivity contribution in [2.24, 2.45) is 0 Å². The molecular weight excluding hydrogens is 620 g/mol. The van der Waals surface area contributed by atoms with Crippen LogP contribution in [0.1, 0.15) is 5.56 Å². The Bertz CT molecular complexity index is 1860. The van der Waals surface area contributed by atoms with Crippen molar-refractivity contribution < 1.29 is 42.1 Å². The molecule has 0 saturated carbocycles. The number of aliphatic carboxylic acids is 1. The van der Waals surface area contributed by atoms with Crippen LogP contribution in [-0.4, -0.2) is 77.4 Å². The van der Waals surface area contributed by atoms with Gasteiger partial charge in [-0.05, 0) is 35.9 Å². The number of aromatic nitrogens is 3. The molecule has 0 unspecified atom stereocenters. The second-order valence-electron chi connectivity index (χ2n) is 9.17. The number of benzene rings is 2. The van der Waals surface area contributed by atoms with Crippen molar-refractivity contribution in [2.45, 2.75) is 17.5 Å². The monoisotopic (exact) mass is 644 g/mol. The molecule has 16 nitrogen and oxygen atoms in total. The van der Waals surface area contributed by atoms with Crippen molar-refractivity contribution in [3.63, 3.8) is 0 Å². The topological polar surface area (TPSA) is 208 Å². The normalized spacial score (nSPS) is 12.2. The van der Waals surface area contributed by atoms with E-state index in [1.807, 2.05) is 0 Å². The number of para-hydroxylation sites is 1. The Labute approximate surface area is 252 Å². The maximum absolute atomic E-state index is 12.9. The minimum Gasteiger partial charge on any atom is -0.480 e. The zero-order chi connectivity index (χ0) is 31.3. The largest absolute Gasteiger partial charge is 0.480 e. The first-order chi connectivity index (χ1) is 21.1. The smallest absolute Gasteiger partial charge is 0.413 e. The van der Waals surface area contributed by atoms with Crippen LogP contribution in [0.15, 0.2) is 63.9 Å². The fraction of sp³-hybridized carbons (Fsp3) is 0.231. The highest BCUT2D eigenvalue weighted by Gasteiger charge is 2.22. The lowest BCUT2D eigenvalue weighted by molar-refractivity contribution is -0.144. The molecule has 1 aliphatic heterocycles. The Hall–Kier alpha value is -5.07. The van der Waals surface area contributed by atoms with Crippen molar-refractivity contribution >= 4 is 55.4 Å².